The molecule has 15 heavy (non-hydrogen) atoms. The fourth-order valence-corrected chi connectivity index (χ4v) is 0. The summed E-state index contributed by atoms with van der Waals surface area (Å²) in [6.07, 6.45) is 1.75. The zero-order valence-corrected chi connectivity index (χ0v) is 10.4. The molecule has 0 spiro atoms. The van der Waals surface area contributed by atoms with Crippen LogP contribution in [0.15, 0.2) is 0 Å². The molecule has 0 unspecified atom stereocenters. The van der Waals surface area contributed by atoms with Gasteiger partial charge in [0.15, 0.2) is 0 Å². The SMILES string of the molecule is CN(C)C.F[P-](F)(F)(F)(F)F.[B][S+]([B])C. The standard InChI is InChI=1S/C3H9N.CH3B2S.F6P/c2*1-4(2)3;1-7(2,3,4,5)6/h1-3H3;1H3;/q;+1;-1. The van der Waals surface area contributed by atoms with Gasteiger partial charge < -0.3 is 4.90 Å². The van der Waals surface area contributed by atoms with Gasteiger partial charge in [-0.05, 0) is 21.1 Å². The monoisotopic (exact) mass is 273 g/mol. The third kappa shape index (κ3) is 11100. The minimum Gasteiger partial charge on any atom is -0.171 e. The smallest absolute Gasteiger partial charge is 0.171 e. The van der Waals surface area contributed by atoms with Crippen LogP contribution in [0.25, 0.3) is 0 Å². The van der Waals surface area contributed by atoms with Crippen molar-refractivity contribution in [2.24, 2.45) is 0 Å². The average Bonchev–Trinajstić information content (AvgIpc) is 1.44. The number of hydrogen-bond donors (Lipinski definition) is 0. The Kier molecular flexibility index (Phi) is 7.88. The number of hydrogen-bond acceptors (Lipinski definition) is 1. The van der Waals surface area contributed by atoms with Crippen LogP contribution in [0.1, 0.15) is 0 Å². The van der Waals surface area contributed by atoms with Crippen LogP contribution >= 0.6 is 7.81 Å². The van der Waals surface area contributed by atoms with Crippen LogP contribution in [0.2, 0.25) is 0 Å². The zero-order chi connectivity index (χ0) is 13.6. The predicted molar refractivity (Wildman–Crippen MR) is 58.0 cm³/mol. The van der Waals surface area contributed by atoms with Crippen molar-refractivity contribution in [1.82, 2.24) is 4.90 Å². The van der Waals surface area contributed by atoms with E-state index in [9.17, 15) is 25.2 Å². The molecule has 0 aromatic rings. The van der Waals surface area contributed by atoms with Gasteiger partial charge in [0.05, 0.1) is 6.26 Å². The van der Waals surface area contributed by atoms with Crippen molar-refractivity contribution in [1.29, 1.82) is 0 Å². The summed E-state index contributed by atoms with van der Waals surface area (Å²) in [4.78, 5) is 2.00. The molecule has 92 valence electrons. The van der Waals surface area contributed by atoms with Crippen molar-refractivity contribution < 1.29 is 25.2 Å². The maximum atomic E-state index is 9.87. The summed E-state index contributed by atoms with van der Waals surface area (Å²) >= 11 is 0. The Morgan fingerprint density at radius 2 is 0.867 bits per heavy atom. The van der Waals surface area contributed by atoms with Crippen LogP contribution in [0.3, 0.4) is 0 Å². The van der Waals surface area contributed by atoms with Crippen molar-refractivity contribution in [3.63, 3.8) is 0 Å². The van der Waals surface area contributed by atoms with Gasteiger partial charge in [0, 0.05) is 0 Å². The second kappa shape index (κ2) is 5.68. The molecule has 0 aliphatic rings. The van der Waals surface area contributed by atoms with Gasteiger partial charge in [-0.25, -0.2) is 0 Å². The molecule has 4 radical (unpaired) electrons. The summed E-state index contributed by atoms with van der Waals surface area (Å²) < 4.78 is 59.2. The van der Waals surface area contributed by atoms with E-state index in [2.05, 4.69) is 0 Å². The van der Waals surface area contributed by atoms with Crippen LogP contribution < -0.4 is 0 Å². The first-order valence-corrected chi connectivity index (χ1v) is 7.02. The largest absolute Gasteiger partial charge is 0.441 e. The first-order chi connectivity index (χ1) is 5.91. The molecule has 11 heteroatoms. The predicted octanol–water partition coefficient (Wildman–Crippen LogP) is 2.96. The van der Waals surface area contributed by atoms with E-state index in [1.165, 1.54) is 0 Å². The van der Waals surface area contributed by atoms with E-state index >= 15 is 0 Å². The van der Waals surface area contributed by atoms with Crippen LogP contribution in [-0.2, 0) is 10.6 Å². The van der Waals surface area contributed by atoms with Gasteiger partial charge in [-0.3, -0.25) is 0 Å². The summed E-state index contributed by atoms with van der Waals surface area (Å²) in [5, 5.41) is 0. The molecule has 0 aromatic heterocycles. The molecule has 0 saturated carbocycles. The molecular weight excluding hydrogens is 261 g/mol. The van der Waals surface area contributed by atoms with E-state index in [0.29, 0.717) is 0 Å². The Hall–Kier alpha value is 0.450. The number of rotatable bonds is 0. The number of halogens is 6. The van der Waals surface area contributed by atoms with E-state index in [-0.39, 0.29) is 10.6 Å². The van der Waals surface area contributed by atoms with Crippen LogP contribution in [0.4, 0.5) is 25.2 Å². The van der Waals surface area contributed by atoms with Gasteiger partial charge in [-0.1, -0.05) is 0 Å². The van der Waals surface area contributed by atoms with E-state index in [1.807, 2.05) is 26.0 Å². The van der Waals surface area contributed by atoms with Crippen molar-refractivity contribution in [2.75, 3.05) is 27.4 Å². The van der Waals surface area contributed by atoms with Crippen molar-refractivity contribution in [2.45, 2.75) is 0 Å². The maximum absolute atomic E-state index is 10.7. The molecule has 0 aliphatic heterocycles. The van der Waals surface area contributed by atoms with E-state index in [1.54, 1.807) is 6.26 Å². The molecule has 0 saturated heterocycles. The van der Waals surface area contributed by atoms with E-state index < -0.39 is 7.81 Å². The van der Waals surface area contributed by atoms with Crippen molar-refractivity contribution in [3.8, 4) is 0 Å². The molecule has 0 rings (SSSR count). The summed E-state index contributed by atoms with van der Waals surface area (Å²) in [7, 11) is 4.81. The first kappa shape index (κ1) is 20.8. The van der Waals surface area contributed by atoms with E-state index in [0.717, 1.165) is 0 Å². The molecule has 0 aromatic carbocycles. The summed E-state index contributed by atoms with van der Waals surface area (Å²) in [6, 6.07) is 0. The van der Waals surface area contributed by atoms with Crippen LogP contribution in [0, 0.1) is 0 Å². The van der Waals surface area contributed by atoms with Gasteiger partial charge in [0.25, 0.3) is 0 Å². The molecule has 0 heterocycles. The average molecular weight is 273 g/mol. The molecule has 0 fully saturated rings. The Bertz CT molecular complexity index is 143. The van der Waals surface area contributed by atoms with Gasteiger partial charge in [0.2, 0.25) is 0 Å². The molecule has 0 atom stereocenters. The molecule has 1 nitrogen and oxygen atoms in total. The summed E-state index contributed by atoms with van der Waals surface area (Å²) in [5.41, 5.74) is 0. The van der Waals surface area contributed by atoms with Gasteiger partial charge in [0.1, 0.15) is 0 Å². The van der Waals surface area contributed by atoms with Gasteiger partial charge in [-0.15, -0.1) is 0 Å². The first-order valence-electron chi connectivity index (χ1n) is 3.24. The van der Waals surface area contributed by atoms with Crippen molar-refractivity contribution in [3.05, 3.63) is 0 Å². The summed E-state index contributed by atoms with van der Waals surface area (Å²) in [5.74, 6) is 0. The molecule has 0 N–H and O–H groups in total. The Labute approximate surface area is 90.8 Å². The second-order valence-corrected chi connectivity index (χ2v) is 6.04. The minimum atomic E-state index is -10.7. The fourth-order valence-electron chi connectivity index (χ4n) is 0. The van der Waals surface area contributed by atoms with Gasteiger partial charge in [-0.2, -0.15) is 10.6 Å². The Morgan fingerprint density at radius 3 is 0.867 bits per heavy atom. The normalized spacial score (nSPS) is 15.5. The van der Waals surface area contributed by atoms with Crippen LogP contribution in [-0.4, -0.2) is 46.5 Å². The fraction of sp³-hybridized carbons (Fsp3) is 1.00. The third-order valence-electron chi connectivity index (χ3n) is 0. The maximum Gasteiger partial charge on any atom is 0.441 e. The minimum absolute atomic E-state index is 0.361. The summed E-state index contributed by atoms with van der Waals surface area (Å²) in [6.45, 7) is 0. The van der Waals surface area contributed by atoms with E-state index in [4.69, 9.17) is 14.2 Å². The second-order valence-electron chi connectivity index (χ2n) is 2.91. The van der Waals surface area contributed by atoms with Gasteiger partial charge >= 0.3 is 47.2 Å². The molecule has 0 bridgehead atoms. The number of nitrogens with zero attached hydrogens (tertiary/aromatic N) is 1. The molecular formula is C4H12B2F6NPS. The zero-order valence-electron chi connectivity index (χ0n) is 8.73. The quantitative estimate of drug-likeness (QED) is 0.284. The molecule has 0 aliphatic carbocycles. The molecule has 0 amide bonds. The van der Waals surface area contributed by atoms with Crippen molar-refractivity contribution >= 4 is 32.7 Å². The third-order valence-corrected chi connectivity index (χ3v) is 0. The topological polar surface area (TPSA) is 3.24 Å². The Morgan fingerprint density at radius 1 is 0.867 bits per heavy atom. The van der Waals surface area contributed by atoms with Crippen LogP contribution in [0.5, 0.6) is 0 Å². The Balaban J connectivity index is -0.000000155.